The van der Waals surface area contributed by atoms with Crippen molar-refractivity contribution in [3.63, 3.8) is 0 Å². The summed E-state index contributed by atoms with van der Waals surface area (Å²) >= 11 is 0. The quantitative estimate of drug-likeness (QED) is 0.818. The number of benzene rings is 1. The number of hydrogen-bond donors (Lipinski definition) is 1. The van der Waals surface area contributed by atoms with Gasteiger partial charge in [0.25, 0.3) is 0 Å². The van der Waals surface area contributed by atoms with Crippen LogP contribution in [0.15, 0.2) is 29.2 Å². The third kappa shape index (κ3) is 4.79. The van der Waals surface area contributed by atoms with Gasteiger partial charge in [-0.2, -0.15) is 0 Å². The summed E-state index contributed by atoms with van der Waals surface area (Å²) in [6, 6.07) is 6.89. The number of Topliss-reactive ketones (excluding diaryl/α,β-unsaturated/α-hetero) is 1. The van der Waals surface area contributed by atoms with Crippen LogP contribution in [0, 0.1) is 0 Å². The highest BCUT2D eigenvalue weighted by Gasteiger charge is 2.08. The average Bonchev–Trinajstić information content (AvgIpc) is 2.36. The lowest BCUT2D eigenvalue weighted by Crippen LogP contribution is -2.09. The fraction of sp³-hybridized carbons (Fsp3) is 0.385. The lowest BCUT2D eigenvalue weighted by molar-refractivity contribution is -0.137. The molecule has 1 unspecified atom stereocenters. The van der Waals surface area contributed by atoms with Crippen LogP contribution >= 0.6 is 0 Å². The van der Waals surface area contributed by atoms with Crippen LogP contribution in [0.1, 0.15) is 25.3 Å². The molecule has 98 valence electrons. The maximum absolute atomic E-state index is 11.8. The van der Waals surface area contributed by atoms with Crippen molar-refractivity contribution in [2.24, 2.45) is 0 Å². The smallest absolute Gasteiger partial charge is 0.303 e. The van der Waals surface area contributed by atoms with Gasteiger partial charge < -0.3 is 5.11 Å². The number of aryl methyl sites for hydroxylation is 1. The molecule has 0 aromatic heterocycles. The number of hydrogen-bond acceptors (Lipinski definition) is 3. The highest BCUT2D eigenvalue weighted by Crippen LogP contribution is 2.11. The van der Waals surface area contributed by atoms with Crippen molar-refractivity contribution in [2.75, 3.05) is 5.75 Å². The Kier molecular flexibility index (Phi) is 5.71. The number of carboxylic acid groups (broad SMARTS) is 1. The molecule has 0 aliphatic heterocycles. The summed E-state index contributed by atoms with van der Waals surface area (Å²) in [4.78, 5) is 22.2. The third-order valence-electron chi connectivity index (χ3n) is 2.50. The number of ketones is 1. The molecule has 1 aromatic carbocycles. The van der Waals surface area contributed by atoms with Crippen LogP contribution in [0.25, 0.3) is 0 Å². The Morgan fingerprint density at radius 2 is 1.83 bits per heavy atom. The Labute approximate surface area is 108 Å². The van der Waals surface area contributed by atoms with Crippen LogP contribution in [0.5, 0.6) is 0 Å². The molecule has 0 saturated carbocycles. The minimum atomic E-state index is -1.30. The Hall–Kier alpha value is -1.49. The number of aliphatic carboxylic acids is 1. The molecule has 5 heteroatoms. The normalized spacial score (nSPS) is 12.1. The first-order valence-corrected chi connectivity index (χ1v) is 7.05. The Morgan fingerprint density at radius 1 is 1.22 bits per heavy atom. The summed E-state index contributed by atoms with van der Waals surface area (Å²) in [6.07, 6.45) is 0.926. The van der Waals surface area contributed by atoms with Gasteiger partial charge in [0, 0.05) is 17.7 Å². The van der Waals surface area contributed by atoms with Crippen molar-refractivity contribution in [3.05, 3.63) is 29.8 Å². The average molecular weight is 268 g/mol. The summed E-state index contributed by atoms with van der Waals surface area (Å²) in [5.41, 5.74) is 0.889. The number of carbonyl (C=O) groups is 2. The zero-order valence-corrected chi connectivity index (χ0v) is 11.0. The molecule has 0 bridgehead atoms. The first-order chi connectivity index (χ1) is 8.52. The maximum Gasteiger partial charge on any atom is 0.303 e. The first kappa shape index (κ1) is 14.6. The Balaban J connectivity index is 2.62. The van der Waals surface area contributed by atoms with E-state index in [1.807, 2.05) is 0 Å². The van der Waals surface area contributed by atoms with Crippen molar-refractivity contribution in [2.45, 2.75) is 31.1 Å². The first-order valence-electron chi connectivity index (χ1n) is 5.73. The topological polar surface area (TPSA) is 71.4 Å². The van der Waals surface area contributed by atoms with E-state index in [4.69, 9.17) is 5.11 Å². The Morgan fingerprint density at radius 3 is 2.33 bits per heavy atom. The molecule has 0 aliphatic rings. The molecule has 1 N–H and O–H groups in total. The highest BCUT2D eigenvalue weighted by molar-refractivity contribution is 7.85. The van der Waals surface area contributed by atoms with Crippen LogP contribution < -0.4 is 0 Å². The third-order valence-corrected chi connectivity index (χ3v) is 3.88. The zero-order chi connectivity index (χ0) is 13.5. The monoisotopic (exact) mass is 268 g/mol. The maximum atomic E-state index is 11.8. The van der Waals surface area contributed by atoms with E-state index in [1.165, 1.54) is 0 Å². The van der Waals surface area contributed by atoms with Crippen LogP contribution in [-0.4, -0.2) is 26.8 Å². The van der Waals surface area contributed by atoms with Gasteiger partial charge in [0.2, 0.25) is 0 Å². The summed E-state index contributed by atoms with van der Waals surface area (Å²) < 4.78 is 11.8. The minimum Gasteiger partial charge on any atom is -0.481 e. The van der Waals surface area contributed by atoms with Crippen LogP contribution in [-0.2, 0) is 26.8 Å². The van der Waals surface area contributed by atoms with E-state index < -0.39 is 16.8 Å². The predicted octanol–water partition coefficient (Wildman–Crippen LogP) is 1.79. The van der Waals surface area contributed by atoms with Gasteiger partial charge in [0.15, 0.2) is 0 Å². The van der Waals surface area contributed by atoms with Crippen molar-refractivity contribution >= 4 is 22.6 Å². The van der Waals surface area contributed by atoms with Gasteiger partial charge in [-0.05, 0) is 24.1 Å². The molecule has 4 nitrogen and oxygen atoms in total. The van der Waals surface area contributed by atoms with Crippen molar-refractivity contribution in [1.82, 2.24) is 0 Å². The van der Waals surface area contributed by atoms with E-state index in [9.17, 15) is 13.8 Å². The van der Waals surface area contributed by atoms with E-state index in [1.54, 1.807) is 31.2 Å². The highest BCUT2D eigenvalue weighted by atomic mass is 32.2. The summed E-state index contributed by atoms with van der Waals surface area (Å²) in [5, 5.41) is 8.56. The second-order valence-corrected chi connectivity index (χ2v) is 5.37. The molecule has 18 heavy (non-hydrogen) atoms. The molecular weight excluding hydrogens is 252 g/mol. The van der Waals surface area contributed by atoms with E-state index in [0.717, 1.165) is 5.56 Å². The van der Waals surface area contributed by atoms with Crippen LogP contribution in [0.3, 0.4) is 0 Å². The van der Waals surface area contributed by atoms with Crippen molar-refractivity contribution < 1.29 is 18.9 Å². The largest absolute Gasteiger partial charge is 0.481 e. The van der Waals surface area contributed by atoms with Gasteiger partial charge in [-0.25, -0.2) is 0 Å². The molecule has 1 rings (SSSR count). The predicted molar refractivity (Wildman–Crippen MR) is 69.0 cm³/mol. The van der Waals surface area contributed by atoms with Crippen LogP contribution in [0.4, 0.5) is 0 Å². The van der Waals surface area contributed by atoms with Gasteiger partial charge in [-0.1, -0.05) is 19.1 Å². The second kappa shape index (κ2) is 7.06. The minimum absolute atomic E-state index is 0.0247. The van der Waals surface area contributed by atoms with Crippen LogP contribution in [0.2, 0.25) is 0 Å². The summed E-state index contributed by atoms with van der Waals surface area (Å²) in [7, 11) is -1.30. The van der Waals surface area contributed by atoms with E-state index in [0.29, 0.717) is 17.7 Å². The van der Waals surface area contributed by atoms with Gasteiger partial charge in [-0.3, -0.25) is 13.8 Å². The molecule has 0 fully saturated rings. The fourth-order valence-corrected chi connectivity index (χ4v) is 2.49. The number of rotatable bonds is 7. The van der Waals surface area contributed by atoms with Crippen molar-refractivity contribution in [1.29, 1.82) is 0 Å². The van der Waals surface area contributed by atoms with E-state index in [-0.39, 0.29) is 18.0 Å². The molecule has 0 saturated heterocycles. The Bertz CT molecular complexity index is 451. The molecule has 1 atom stereocenters. The molecule has 0 aliphatic carbocycles. The van der Waals surface area contributed by atoms with Gasteiger partial charge >= 0.3 is 5.97 Å². The fourth-order valence-electron chi connectivity index (χ4n) is 1.39. The molecule has 0 heterocycles. The molecular formula is C13H16O4S. The number of carboxylic acids is 1. The molecule has 1 aromatic rings. The molecule has 0 spiro atoms. The van der Waals surface area contributed by atoms with Gasteiger partial charge in [0.05, 0.1) is 16.6 Å². The standard InChI is InChI=1S/C13H16O4S/c1-2-11(14)9-18(17)12-6-3-10(4-7-12)5-8-13(15)16/h3-4,6-7H,2,5,8-9H2,1H3,(H,15,16). The lowest BCUT2D eigenvalue weighted by atomic mass is 10.1. The van der Waals surface area contributed by atoms with Gasteiger partial charge in [0.1, 0.15) is 5.78 Å². The number of carbonyl (C=O) groups excluding carboxylic acids is 1. The lowest BCUT2D eigenvalue weighted by Gasteiger charge is -2.03. The van der Waals surface area contributed by atoms with Gasteiger partial charge in [-0.15, -0.1) is 0 Å². The summed E-state index contributed by atoms with van der Waals surface area (Å²) in [5.74, 6) is -0.815. The second-order valence-electron chi connectivity index (χ2n) is 3.92. The van der Waals surface area contributed by atoms with E-state index >= 15 is 0 Å². The molecule has 0 radical (unpaired) electrons. The SMILES string of the molecule is CCC(=O)CS(=O)c1ccc(CCC(=O)O)cc1. The molecule has 0 amide bonds. The van der Waals surface area contributed by atoms with Crippen molar-refractivity contribution in [3.8, 4) is 0 Å². The van der Waals surface area contributed by atoms with E-state index in [2.05, 4.69) is 0 Å². The summed E-state index contributed by atoms with van der Waals surface area (Å²) in [6.45, 7) is 1.74. The zero-order valence-electron chi connectivity index (χ0n) is 10.2.